The van der Waals surface area contributed by atoms with Gasteiger partial charge in [0.15, 0.2) is 0 Å². The molecule has 144 valence electrons. The monoisotopic (exact) mass is 374 g/mol. The number of aromatic nitrogens is 2. The van der Waals surface area contributed by atoms with Crippen molar-refractivity contribution in [3.8, 4) is 0 Å². The van der Waals surface area contributed by atoms with Gasteiger partial charge in [0.1, 0.15) is 0 Å². The summed E-state index contributed by atoms with van der Waals surface area (Å²) in [7, 11) is 0. The Labute approximate surface area is 165 Å². The van der Waals surface area contributed by atoms with Gasteiger partial charge in [-0.2, -0.15) is 0 Å². The second kappa shape index (κ2) is 7.24. The summed E-state index contributed by atoms with van der Waals surface area (Å²) in [6, 6.07) is 17.0. The Morgan fingerprint density at radius 2 is 1.46 bits per heavy atom. The van der Waals surface area contributed by atoms with E-state index >= 15 is 0 Å². The normalized spacial score (nSPS) is 14.2. The largest absolute Gasteiger partial charge is 0.298 e. The van der Waals surface area contributed by atoms with E-state index in [2.05, 4.69) is 72.2 Å². The number of hydrogen-bond acceptors (Lipinski definition) is 4. The molecular formula is C23H26N4O. The zero-order chi connectivity index (χ0) is 19.8. The van der Waals surface area contributed by atoms with Crippen LogP contribution in [0.4, 0.5) is 11.6 Å². The zero-order valence-electron chi connectivity index (χ0n) is 16.9. The van der Waals surface area contributed by atoms with E-state index in [-0.39, 0.29) is 5.56 Å². The number of nitrogens with zero attached hydrogens (tertiary/aromatic N) is 4. The Morgan fingerprint density at radius 1 is 0.857 bits per heavy atom. The second-order valence-corrected chi connectivity index (χ2v) is 7.72. The average molecular weight is 374 g/mol. The summed E-state index contributed by atoms with van der Waals surface area (Å²) in [5.74, 6) is 0.720. The van der Waals surface area contributed by atoms with Crippen LogP contribution in [0.3, 0.4) is 0 Å². The van der Waals surface area contributed by atoms with Crippen LogP contribution in [0, 0.1) is 27.7 Å². The lowest BCUT2D eigenvalue weighted by Crippen LogP contribution is -2.47. The molecule has 0 amide bonds. The highest BCUT2D eigenvalue weighted by molar-refractivity contribution is 5.58. The van der Waals surface area contributed by atoms with E-state index in [1.165, 1.54) is 16.7 Å². The third-order valence-corrected chi connectivity index (χ3v) is 5.41. The van der Waals surface area contributed by atoms with Crippen LogP contribution in [0.25, 0.3) is 0 Å². The van der Waals surface area contributed by atoms with Crippen molar-refractivity contribution < 1.29 is 0 Å². The van der Waals surface area contributed by atoms with E-state index in [4.69, 9.17) is 4.98 Å². The molecule has 0 aliphatic carbocycles. The molecule has 2 aromatic carbocycles. The average Bonchev–Trinajstić information content (AvgIpc) is 2.69. The predicted octanol–water partition coefficient (Wildman–Crippen LogP) is 4.05. The van der Waals surface area contributed by atoms with Crippen LogP contribution >= 0.6 is 0 Å². The van der Waals surface area contributed by atoms with Gasteiger partial charge in [-0.05, 0) is 45.4 Å². The summed E-state index contributed by atoms with van der Waals surface area (Å²) < 4.78 is 1.79. The third-order valence-electron chi connectivity index (χ3n) is 5.41. The molecule has 0 saturated carbocycles. The van der Waals surface area contributed by atoms with Crippen molar-refractivity contribution in [2.24, 2.45) is 0 Å². The molecule has 0 N–H and O–H groups in total. The standard InChI is InChI=1S/C23H26N4O/c1-16-5-9-20(10-6-16)13-25-14-26(21-11-7-17(2)8-12-21)23-24-19(4)18(3)22(28)27(23)15-25/h5-12H,13-15H2,1-4H3. The van der Waals surface area contributed by atoms with Gasteiger partial charge in [0.05, 0.1) is 13.3 Å². The van der Waals surface area contributed by atoms with E-state index in [0.29, 0.717) is 18.9 Å². The lowest BCUT2D eigenvalue weighted by molar-refractivity contribution is 0.190. The Bertz CT molecular complexity index is 1050. The molecule has 0 spiro atoms. The van der Waals surface area contributed by atoms with Crippen LogP contribution in [0.5, 0.6) is 0 Å². The molecule has 1 aliphatic heterocycles. The SMILES string of the molecule is Cc1ccc(CN2CN(c3ccc(C)cc3)c3nc(C)c(C)c(=O)n3C2)cc1. The Balaban J connectivity index is 1.75. The highest BCUT2D eigenvalue weighted by Gasteiger charge is 2.27. The van der Waals surface area contributed by atoms with Gasteiger partial charge in [0.25, 0.3) is 5.56 Å². The smallest absolute Gasteiger partial charge is 0.259 e. The minimum Gasteiger partial charge on any atom is -0.298 e. The van der Waals surface area contributed by atoms with E-state index in [1.807, 2.05) is 13.8 Å². The van der Waals surface area contributed by atoms with Crippen LogP contribution in [-0.4, -0.2) is 21.1 Å². The third kappa shape index (κ3) is 3.45. The summed E-state index contributed by atoms with van der Waals surface area (Å²) >= 11 is 0. The molecule has 2 heterocycles. The molecule has 0 fully saturated rings. The van der Waals surface area contributed by atoms with Crippen molar-refractivity contribution in [3.63, 3.8) is 0 Å². The predicted molar refractivity (Wildman–Crippen MR) is 113 cm³/mol. The van der Waals surface area contributed by atoms with Crippen molar-refractivity contribution in [3.05, 3.63) is 86.8 Å². The molecule has 1 aromatic heterocycles. The maximum Gasteiger partial charge on any atom is 0.259 e. The van der Waals surface area contributed by atoms with Gasteiger partial charge in [0.2, 0.25) is 5.95 Å². The number of aryl methyl sites for hydroxylation is 3. The molecule has 0 radical (unpaired) electrons. The fraction of sp³-hybridized carbons (Fsp3) is 0.304. The first-order chi connectivity index (χ1) is 13.4. The molecule has 5 nitrogen and oxygen atoms in total. The van der Waals surface area contributed by atoms with Crippen LogP contribution in [0.15, 0.2) is 53.3 Å². The fourth-order valence-electron chi connectivity index (χ4n) is 3.56. The Kier molecular flexibility index (Phi) is 4.77. The molecule has 3 aromatic rings. The molecule has 0 unspecified atom stereocenters. The van der Waals surface area contributed by atoms with Crippen molar-refractivity contribution in [1.29, 1.82) is 0 Å². The van der Waals surface area contributed by atoms with Gasteiger partial charge in [-0.15, -0.1) is 0 Å². The van der Waals surface area contributed by atoms with E-state index in [0.717, 1.165) is 23.9 Å². The van der Waals surface area contributed by atoms with Gasteiger partial charge in [-0.3, -0.25) is 19.2 Å². The summed E-state index contributed by atoms with van der Waals surface area (Å²) in [6.07, 6.45) is 0. The lowest BCUT2D eigenvalue weighted by atomic mass is 10.1. The van der Waals surface area contributed by atoms with Crippen LogP contribution in [0.1, 0.15) is 27.9 Å². The molecule has 5 heteroatoms. The number of anilines is 2. The van der Waals surface area contributed by atoms with Gasteiger partial charge in [0, 0.05) is 23.5 Å². The quantitative estimate of drug-likeness (QED) is 0.694. The van der Waals surface area contributed by atoms with Gasteiger partial charge < -0.3 is 0 Å². The van der Waals surface area contributed by atoms with Crippen molar-refractivity contribution in [1.82, 2.24) is 14.5 Å². The molecule has 1 aliphatic rings. The molecular weight excluding hydrogens is 348 g/mol. The number of rotatable bonds is 3. The summed E-state index contributed by atoms with van der Waals surface area (Å²) in [5, 5.41) is 0. The second-order valence-electron chi connectivity index (χ2n) is 7.72. The molecule has 28 heavy (non-hydrogen) atoms. The van der Waals surface area contributed by atoms with Crippen molar-refractivity contribution in [2.45, 2.75) is 40.9 Å². The molecule has 0 atom stereocenters. The fourth-order valence-corrected chi connectivity index (χ4v) is 3.56. The van der Waals surface area contributed by atoms with E-state index in [9.17, 15) is 4.79 Å². The van der Waals surface area contributed by atoms with E-state index in [1.54, 1.807) is 4.57 Å². The number of benzene rings is 2. The Hall–Kier alpha value is -2.92. The van der Waals surface area contributed by atoms with Crippen molar-refractivity contribution >= 4 is 11.6 Å². The Morgan fingerprint density at radius 3 is 2.11 bits per heavy atom. The van der Waals surface area contributed by atoms with Crippen LogP contribution in [-0.2, 0) is 13.2 Å². The van der Waals surface area contributed by atoms with Gasteiger partial charge in [-0.1, -0.05) is 47.5 Å². The minimum atomic E-state index is 0.0354. The van der Waals surface area contributed by atoms with Gasteiger partial charge in [-0.25, -0.2) is 4.98 Å². The zero-order valence-corrected chi connectivity index (χ0v) is 16.9. The lowest BCUT2D eigenvalue weighted by Gasteiger charge is -2.38. The maximum absolute atomic E-state index is 13.0. The summed E-state index contributed by atoms with van der Waals surface area (Å²) in [5.41, 5.74) is 6.28. The summed E-state index contributed by atoms with van der Waals surface area (Å²) in [6.45, 7) is 9.94. The number of fused-ring (bicyclic) bond motifs is 1. The van der Waals surface area contributed by atoms with Gasteiger partial charge >= 0.3 is 0 Å². The topological polar surface area (TPSA) is 41.4 Å². The first kappa shape index (κ1) is 18.4. The maximum atomic E-state index is 13.0. The minimum absolute atomic E-state index is 0.0354. The van der Waals surface area contributed by atoms with Crippen LogP contribution < -0.4 is 10.5 Å². The summed E-state index contributed by atoms with van der Waals surface area (Å²) in [4.78, 5) is 22.2. The highest BCUT2D eigenvalue weighted by Crippen LogP contribution is 2.28. The van der Waals surface area contributed by atoms with E-state index < -0.39 is 0 Å². The van der Waals surface area contributed by atoms with Crippen molar-refractivity contribution in [2.75, 3.05) is 11.6 Å². The molecule has 0 saturated heterocycles. The first-order valence-corrected chi connectivity index (χ1v) is 9.62. The molecule has 4 rings (SSSR count). The molecule has 0 bridgehead atoms. The van der Waals surface area contributed by atoms with Crippen LogP contribution in [0.2, 0.25) is 0 Å². The number of hydrogen-bond donors (Lipinski definition) is 0. The highest BCUT2D eigenvalue weighted by atomic mass is 16.1. The first-order valence-electron chi connectivity index (χ1n) is 9.62.